The summed E-state index contributed by atoms with van der Waals surface area (Å²) < 4.78 is 11.9. The number of nitrogens with one attached hydrogen (secondary N) is 1. The number of carbonyl (C=O) groups excluding carboxylic acids is 1. The number of carbonyl (C=O) groups is 1. The Morgan fingerprint density at radius 3 is 2.52 bits per heavy atom. The van der Waals surface area contributed by atoms with Crippen LogP contribution in [0.4, 0.5) is 5.69 Å². The number of nitrogens with zero attached hydrogens (tertiary/aromatic N) is 3. The van der Waals surface area contributed by atoms with Crippen molar-refractivity contribution >= 4 is 23.4 Å². The molecule has 3 rings (SSSR count). The third-order valence-corrected chi connectivity index (χ3v) is 4.89. The number of rotatable bonds is 8. The molecule has 0 saturated carbocycles. The molecule has 29 heavy (non-hydrogen) atoms. The van der Waals surface area contributed by atoms with Gasteiger partial charge in [-0.15, -0.1) is 0 Å². The van der Waals surface area contributed by atoms with Crippen LogP contribution >= 0.6 is 11.8 Å². The summed E-state index contributed by atoms with van der Waals surface area (Å²) in [4.78, 5) is 33.0. The lowest BCUT2D eigenvalue weighted by molar-refractivity contribution is -0.116. The fourth-order valence-electron chi connectivity index (χ4n) is 2.55. The second-order valence-corrected chi connectivity index (χ2v) is 6.86. The van der Waals surface area contributed by atoms with Crippen molar-refractivity contribution in [3.8, 4) is 11.5 Å². The lowest BCUT2D eigenvalue weighted by Gasteiger charge is -2.14. The van der Waals surface area contributed by atoms with Crippen LogP contribution in [0, 0.1) is 0 Å². The molecule has 2 heterocycles. The van der Waals surface area contributed by atoms with E-state index < -0.39 is 0 Å². The first-order chi connectivity index (χ1) is 14.1. The van der Waals surface area contributed by atoms with Crippen LogP contribution in [0.1, 0.15) is 5.69 Å². The predicted octanol–water partition coefficient (Wildman–Crippen LogP) is 2.59. The van der Waals surface area contributed by atoms with Crippen LogP contribution < -0.4 is 20.2 Å². The molecular formula is C20H20N4O4S. The van der Waals surface area contributed by atoms with Gasteiger partial charge in [0.2, 0.25) is 11.3 Å². The number of hydrogen-bond acceptors (Lipinski definition) is 7. The van der Waals surface area contributed by atoms with Crippen LogP contribution in [-0.2, 0) is 17.1 Å². The highest BCUT2D eigenvalue weighted by Crippen LogP contribution is 2.20. The van der Waals surface area contributed by atoms with Crippen LogP contribution in [0.2, 0.25) is 0 Å². The summed E-state index contributed by atoms with van der Waals surface area (Å²) in [6, 6.07) is 10.2. The van der Waals surface area contributed by atoms with Gasteiger partial charge in [0.1, 0.15) is 12.3 Å². The van der Waals surface area contributed by atoms with Gasteiger partial charge in [-0.1, -0.05) is 11.8 Å². The minimum atomic E-state index is -0.246. The number of aromatic nitrogens is 3. The SMILES string of the molecule is COc1ccc(NC(=O)Cn2cc(OC)c(=O)cc2CSc2ncccn2)cc1. The second kappa shape index (κ2) is 9.74. The maximum Gasteiger partial charge on any atom is 0.244 e. The highest BCUT2D eigenvalue weighted by atomic mass is 32.2. The van der Waals surface area contributed by atoms with Gasteiger partial charge in [-0.3, -0.25) is 9.59 Å². The number of ether oxygens (including phenoxy) is 2. The molecule has 1 amide bonds. The Morgan fingerprint density at radius 2 is 1.86 bits per heavy atom. The van der Waals surface area contributed by atoms with Crippen LogP contribution in [0.5, 0.6) is 11.5 Å². The van der Waals surface area contributed by atoms with Gasteiger partial charge in [0.15, 0.2) is 10.9 Å². The zero-order valence-electron chi connectivity index (χ0n) is 16.0. The van der Waals surface area contributed by atoms with E-state index in [-0.39, 0.29) is 23.6 Å². The third kappa shape index (κ3) is 5.58. The molecule has 0 fully saturated rings. The quantitative estimate of drug-likeness (QED) is 0.449. The number of methoxy groups -OCH3 is 2. The van der Waals surface area contributed by atoms with E-state index in [4.69, 9.17) is 9.47 Å². The minimum Gasteiger partial charge on any atom is -0.497 e. The Hall–Kier alpha value is -3.33. The Labute approximate surface area is 171 Å². The van der Waals surface area contributed by atoms with Crippen molar-refractivity contribution in [3.05, 3.63) is 70.9 Å². The van der Waals surface area contributed by atoms with Gasteiger partial charge >= 0.3 is 0 Å². The Kier molecular flexibility index (Phi) is 6.85. The zero-order chi connectivity index (χ0) is 20.6. The number of benzene rings is 1. The molecule has 0 saturated heterocycles. The van der Waals surface area contributed by atoms with Crippen molar-refractivity contribution in [1.29, 1.82) is 0 Å². The lowest BCUT2D eigenvalue weighted by atomic mass is 10.3. The van der Waals surface area contributed by atoms with E-state index in [1.807, 2.05) is 0 Å². The van der Waals surface area contributed by atoms with Crippen molar-refractivity contribution in [3.63, 3.8) is 0 Å². The molecule has 0 radical (unpaired) electrons. The molecule has 1 aromatic carbocycles. The minimum absolute atomic E-state index is 0.0220. The van der Waals surface area contributed by atoms with Crippen molar-refractivity contribution in [2.45, 2.75) is 17.5 Å². The van der Waals surface area contributed by atoms with E-state index in [9.17, 15) is 9.59 Å². The van der Waals surface area contributed by atoms with Crippen LogP contribution in [0.3, 0.4) is 0 Å². The average molecular weight is 412 g/mol. The van der Waals surface area contributed by atoms with E-state index in [2.05, 4.69) is 15.3 Å². The summed E-state index contributed by atoms with van der Waals surface area (Å²) in [5.41, 5.74) is 1.07. The maximum atomic E-state index is 12.5. The van der Waals surface area contributed by atoms with E-state index in [1.165, 1.54) is 31.1 Å². The molecule has 150 valence electrons. The van der Waals surface area contributed by atoms with Crippen molar-refractivity contribution in [2.75, 3.05) is 19.5 Å². The monoisotopic (exact) mass is 412 g/mol. The number of pyridine rings is 1. The Bertz CT molecular complexity index is 1020. The number of amides is 1. The van der Waals surface area contributed by atoms with E-state index >= 15 is 0 Å². The summed E-state index contributed by atoms with van der Waals surface area (Å²) in [6.45, 7) is 0.0220. The van der Waals surface area contributed by atoms with Gasteiger partial charge in [-0.05, 0) is 30.3 Å². The first-order valence-corrected chi connectivity index (χ1v) is 9.68. The second-order valence-electron chi connectivity index (χ2n) is 5.92. The molecule has 1 N–H and O–H groups in total. The number of anilines is 1. The van der Waals surface area contributed by atoms with Gasteiger partial charge in [0, 0.05) is 35.6 Å². The Morgan fingerprint density at radius 1 is 1.14 bits per heavy atom. The molecule has 8 nitrogen and oxygen atoms in total. The molecule has 0 spiro atoms. The maximum absolute atomic E-state index is 12.5. The van der Waals surface area contributed by atoms with Crippen molar-refractivity contribution in [2.24, 2.45) is 0 Å². The molecular weight excluding hydrogens is 392 g/mol. The first kappa shape index (κ1) is 20.4. The van der Waals surface area contributed by atoms with Crippen LogP contribution in [0.25, 0.3) is 0 Å². The summed E-state index contributed by atoms with van der Waals surface area (Å²) in [6.07, 6.45) is 4.84. The van der Waals surface area contributed by atoms with Gasteiger partial charge in [-0.25, -0.2) is 9.97 Å². The molecule has 0 atom stereocenters. The van der Waals surface area contributed by atoms with Gasteiger partial charge in [-0.2, -0.15) is 0 Å². The highest BCUT2D eigenvalue weighted by Gasteiger charge is 2.12. The van der Waals surface area contributed by atoms with Crippen LogP contribution in [-0.4, -0.2) is 34.7 Å². The van der Waals surface area contributed by atoms with Gasteiger partial charge < -0.3 is 19.4 Å². The average Bonchev–Trinajstić information content (AvgIpc) is 2.75. The number of thioether (sulfide) groups is 1. The fraction of sp³-hybridized carbons (Fsp3) is 0.200. The summed E-state index contributed by atoms with van der Waals surface area (Å²) in [7, 11) is 3.00. The topological polar surface area (TPSA) is 95.3 Å². The van der Waals surface area contributed by atoms with E-state index in [0.717, 1.165) is 0 Å². The van der Waals surface area contributed by atoms with Crippen molar-refractivity contribution in [1.82, 2.24) is 14.5 Å². The van der Waals surface area contributed by atoms with Crippen LogP contribution in [0.15, 0.2) is 64.9 Å². The third-order valence-electron chi connectivity index (χ3n) is 3.98. The van der Waals surface area contributed by atoms with Gasteiger partial charge in [0.25, 0.3) is 0 Å². The van der Waals surface area contributed by atoms with E-state index in [0.29, 0.717) is 28.0 Å². The molecule has 3 aromatic rings. The van der Waals surface area contributed by atoms with Gasteiger partial charge in [0.05, 0.1) is 20.4 Å². The zero-order valence-corrected chi connectivity index (χ0v) is 16.8. The normalized spacial score (nSPS) is 10.4. The standard InChI is InChI=1S/C20H20N4O4S/c1-27-16-6-4-14(5-7-16)23-19(26)12-24-11-18(28-2)17(25)10-15(24)13-29-20-21-8-3-9-22-20/h3-11H,12-13H2,1-2H3,(H,23,26). The molecule has 0 unspecified atom stereocenters. The molecule has 2 aromatic heterocycles. The fourth-order valence-corrected chi connectivity index (χ4v) is 3.34. The molecule has 0 aliphatic rings. The Balaban J connectivity index is 1.76. The van der Waals surface area contributed by atoms with Crippen molar-refractivity contribution < 1.29 is 14.3 Å². The lowest BCUT2D eigenvalue weighted by Crippen LogP contribution is -2.22. The first-order valence-electron chi connectivity index (χ1n) is 8.70. The summed E-state index contributed by atoms with van der Waals surface area (Å²) in [5, 5.41) is 3.42. The summed E-state index contributed by atoms with van der Waals surface area (Å²) in [5.74, 6) is 1.07. The molecule has 0 aliphatic carbocycles. The highest BCUT2D eigenvalue weighted by molar-refractivity contribution is 7.98. The molecule has 0 bridgehead atoms. The predicted molar refractivity (Wildman–Crippen MR) is 110 cm³/mol. The molecule has 0 aliphatic heterocycles. The smallest absolute Gasteiger partial charge is 0.244 e. The summed E-state index contributed by atoms with van der Waals surface area (Å²) >= 11 is 1.38. The molecule has 9 heteroatoms. The van der Waals surface area contributed by atoms with E-state index in [1.54, 1.807) is 54.4 Å². The number of hydrogen-bond donors (Lipinski definition) is 1. The largest absolute Gasteiger partial charge is 0.497 e.